The number of aliphatic hydroxyl groups is 1. The smallest absolute Gasteiger partial charge is 0.410 e. The normalized spacial score (nSPS) is 26.7. The number of benzene rings is 3. The first kappa shape index (κ1) is 67.2. The van der Waals surface area contributed by atoms with E-state index < -0.39 is 63.0 Å². The quantitative estimate of drug-likeness (QED) is 0.0474. The lowest BCUT2D eigenvalue weighted by Gasteiger charge is -2.40. The number of carbonyl (C=O) groups is 6. The van der Waals surface area contributed by atoms with Crippen LogP contribution in [-0.2, 0) is 40.4 Å². The van der Waals surface area contributed by atoms with Crippen molar-refractivity contribution in [1.29, 1.82) is 0 Å². The van der Waals surface area contributed by atoms with E-state index in [1.165, 1.54) is 39.2 Å². The van der Waals surface area contributed by atoms with Crippen molar-refractivity contribution in [3.8, 4) is 11.5 Å². The van der Waals surface area contributed by atoms with Crippen LogP contribution in [0.3, 0.4) is 0 Å². The number of nitrogens with zero attached hydrogens (tertiary/aromatic N) is 6. The summed E-state index contributed by atoms with van der Waals surface area (Å²) in [4.78, 5) is 108. The summed E-state index contributed by atoms with van der Waals surface area (Å²) in [6, 6.07) is 17.3. The van der Waals surface area contributed by atoms with Crippen LogP contribution in [0.2, 0.25) is 0 Å². The molecule has 13 atom stereocenters. The zero-order valence-electron chi connectivity index (χ0n) is 54.1. The summed E-state index contributed by atoms with van der Waals surface area (Å²) < 4.78 is 67.2. The Morgan fingerprint density at radius 2 is 1.14 bits per heavy atom. The summed E-state index contributed by atoms with van der Waals surface area (Å²) in [5, 5.41) is 35.0. The standard InChI is InChI=1S/2C21H19F2N3O4.C17H21NO2.C12H21NO3/c2*22-12-3-1-11(15(23)6-12)7-24-20(29)14-8-25-9-16-10-2-4-13(5-10)26(16)21(30)17(25)19(28)18(14)27;1-3-20-17(19)16-14-9-10-15(11-14)18(16)12(2)13-7-5-4-6-8-13;1-12(2,3)16-11(15)13-9-5-4-8(6-9)10(13)7-14/h2*1,3,6,8,10,13,16,28H,2,4-5,7,9H2,(H,24,29);4-10,12,14-16H,3,11H2,1-2H3;8-10,14H,4-7H2,1-3H3/t2*10-,13+,16-;12-,14+,15-,16+;8-,9+,10-/m0010/s1. The number of aliphatic hydroxyl groups excluding tert-OH is 1. The minimum atomic E-state index is -0.950. The molecule has 510 valence electrons. The van der Waals surface area contributed by atoms with E-state index in [1.54, 1.807) is 14.7 Å². The lowest BCUT2D eigenvalue weighted by atomic mass is 9.95. The Labute approximate surface area is 551 Å². The van der Waals surface area contributed by atoms with Gasteiger partial charge < -0.3 is 54.4 Å². The molecule has 5 aromatic rings. The fraction of sp³-hybridized carbons (Fsp3) is 0.493. The second kappa shape index (κ2) is 27.0. The number of pyridine rings is 2. The number of hydrogen-bond donors (Lipinski definition) is 5. The zero-order chi connectivity index (χ0) is 68.3. The molecule has 25 heteroatoms. The Balaban J connectivity index is 0.000000126. The number of amides is 5. The molecule has 8 heterocycles. The van der Waals surface area contributed by atoms with Gasteiger partial charge in [-0.15, -0.1) is 0 Å². The number of aromatic nitrogens is 2. The van der Waals surface area contributed by atoms with Gasteiger partial charge in [0.2, 0.25) is 10.9 Å². The topological polar surface area (TPSA) is 263 Å². The fourth-order valence-corrected chi connectivity index (χ4v) is 16.6. The molecule has 21 nitrogen and oxygen atoms in total. The average molecular weight is 1330 g/mol. The monoisotopic (exact) mass is 1330 g/mol. The Kier molecular flexibility index (Phi) is 18.9. The minimum absolute atomic E-state index is 0.00475. The molecule has 6 aliphatic heterocycles. The fourth-order valence-electron chi connectivity index (χ4n) is 16.6. The van der Waals surface area contributed by atoms with Gasteiger partial charge in [-0.1, -0.05) is 54.6 Å². The number of hydrogen-bond acceptors (Lipinski definition) is 14. The third-order valence-corrected chi connectivity index (χ3v) is 21.0. The Morgan fingerprint density at radius 3 is 1.61 bits per heavy atom. The van der Waals surface area contributed by atoms with Crippen molar-refractivity contribution < 1.29 is 71.1 Å². The molecule has 0 spiro atoms. The van der Waals surface area contributed by atoms with E-state index >= 15 is 0 Å². The van der Waals surface area contributed by atoms with Crippen molar-refractivity contribution in [3.05, 3.63) is 174 Å². The van der Waals surface area contributed by atoms with Crippen LogP contribution in [0.15, 0.2) is 101 Å². The second-order valence-electron chi connectivity index (χ2n) is 27.7. The van der Waals surface area contributed by atoms with Crippen LogP contribution in [0, 0.1) is 46.9 Å². The number of carbonyl (C=O) groups excluding carboxylic acids is 6. The molecule has 96 heavy (non-hydrogen) atoms. The molecule has 4 aliphatic carbocycles. The molecule has 2 aromatic heterocycles. The first-order chi connectivity index (χ1) is 45.8. The number of aromatic hydroxyl groups is 2. The molecule has 8 bridgehead atoms. The third kappa shape index (κ3) is 12.8. The van der Waals surface area contributed by atoms with E-state index in [0.717, 1.165) is 76.3 Å². The predicted molar refractivity (Wildman–Crippen MR) is 340 cm³/mol. The number of likely N-dealkylation sites (tertiary alicyclic amines) is 2. The summed E-state index contributed by atoms with van der Waals surface area (Å²) in [6.07, 6.45) is 16.8. The van der Waals surface area contributed by atoms with Gasteiger partial charge in [0.15, 0.2) is 22.9 Å². The number of rotatable bonds is 11. The summed E-state index contributed by atoms with van der Waals surface area (Å²) in [5.41, 5.74) is -1.84. The summed E-state index contributed by atoms with van der Waals surface area (Å²) >= 11 is 0. The van der Waals surface area contributed by atoms with Crippen molar-refractivity contribution in [3.63, 3.8) is 0 Å². The molecule has 7 fully saturated rings. The van der Waals surface area contributed by atoms with E-state index in [0.29, 0.717) is 61.5 Å². The highest BCUT2D eigenvalue weighted by Gasteiger charge is 2.54. The van der Waals surface area contributed by atoms with E-state index in [4.69, 9.17) is 9.47 Å². The highest BCUT2D eigenvalue weighted by atomic mass is 19.1. The van der Waals surface area contributed by atoms with Crippen LogP contribution in [-0.4, -0.2) is 147 Å². The van der Waals surface area contributed by atoms with Crippen LogP contribution in [0.1, 0.15) is 163 Å². The summed E-state index contributed by atoms with van der Waals surface area (Å²) in [7, 11) is 0. The van der Waals surface area contributed by atoms with Gasteiger partial charge in [-0.2, -0.15) is 0 Å². The van der Waals surface area contributed by atoms with Crippen molar-refractivity contribution >= 4 is 35.7 Å². The lowest BCUT2D eigenvalue weighted by Crippen LogP contribution is -2.52. The van der Waals surface area contributed by atoms with Gasteiger partial charge in [-0.25, -0.2) is 22.4 Å². The van der Waals surface area contributed by atoms with Gasteiger partial charge in [0.1, 0.15) is 46.0 Å². The molecule has 5 N–H and O–H groups in total. The highest BCUT2D eigenvalue weighted by Crippen LogP contribution is 2.49. The molecule has 3 saturated carbocycles. The number of fused-ring (bicyclic) bond motifs is 16. The van der Waals surface area contributed by atoms with Crippen LogP contribution in [0.4, 0.5) is 22.4 Å². The number of halogens is 4. The molecule has 10 aliphatic rings. The van der Waals surface area contributed by atoms with Crippen molar-refractivity contribution in [2.24, 2.45) is 23.7 Å². The van der Waals surface area contributed by atoms with E-state index in [-0.39, 0.29) is 126 Å². The molecule has 5 amide bonds. The predicted octanol–water partition coefficient (Wildman–Crippen LogP) is 8.24. The van der Waals surface area contributed by atoms with Gasteiger partial charge in [0.25, 0.3) is 23.6 Å². The Bertz CT molecular complexity index is 3870. The molecular weight excluding hydrogens is 1250 g/mol. The average Bonchev–Trinajstić information content (AvgIpc) is 1.24. The second-order valence-corrected chi connectivity index (χ2v) is 27.7. The zero-order valence-corrected chi connectivity index (χ0v) is 54.1. The van der Waals surface area contributed by atoms with Gasteiger partial charge in [0.05, 0.1) is 31.3 Å². The van der Waals surface area contributed by atoms with E-state index in [2.05, 4.69) is 58.9 Å². The molecular formula is C71H80F4N8O13. The van der Waals surface area contributed by atoms with Crippen molar-refractivity contribution in [1.82, 2.24) is 39.4 Å². The van der Waals surface area contributed by atoms with Crippen LogP contribution < -0.4 is 21.5 Å². The number of nitrogens with one attached hydrogen (secondary N) is 2. The number of esters is 1. The van der Waals surface area contributed by atoms with Gasteiger partial charge in [0, 0.05) is 98.0 Å². The maximum atomic E-state index is 13.8. The van der Waals surface area contributed by atoms with Gasteiger partial charge in [-0.05, 0) is 134 Å². The Morgan fingerprint density at radius 1 is 0.646 bits per heavy atom. The summed E-state index contributed by atoms with van der Waals surface area (Å²) in [6.45, 7) is 10.4. The lowest BCUT2D eigenvalue weighted by molar-refractivity contribution is -0.150. The van der Waals surface area contributed by atoms with Gasteiger partial charge in [-0.3, -0.25) is 43.4 Å². The summed E-state index contributed by atoms with van der Waals surface area (Å²) in [5.74, 6) is -5.51. The van der Waals surface area contributed by atoms with Crippen LogP contribution in [0.25, 0.3) is 0 Å². The maximum Gasteiger partial charge on any atom is 0.410 e. The van der Waals surface area contributed by atoms with Crippen LogP contribution >= 0.6 is 0 Å². The van der Waals surface area contributed by atoms with Gasteiger partial charge >= 0.3 is 12.1 Å². The third-order valence-electron chi connectivity index (χ3n) is 21.0. The molecule has 0 radical (unpaired) electrons. The minimum Gasteiger partial charge on any atom is -0.503 e. The van der Waals surface area contributed by atoms with Crippen molar-refractivity contribution in [2.75, 3.05) is 13.2 Å². The van der Waals surface area contributed by atoms with E-state index in [1.807, 2.05) is 33.8 Å². The maximum absolute atomic E-state index is 13.8. The highest BCUT2D eigenvalue weighted by molar-refractivity contribution is 6.00. The van der Waals surface area contributed by atoms with Crippen molar-refractivity contribution in [2.45, 2.75) is 185 Å². The molecule has 15 rings (SSSR count). The number of ether oxygens (including phenoxy) is 2. The molecule has 0 unspecified atom stereocenters. The first-order valence-electron chi connectivity index (χ1n) is 33.2. The molecule has 4 saturated heterocycles. The van der Waals surface area contributed by atoms with Crippen LogP contribution in [0.5, 0.6) is 11.5 Å². The SMILES string of the molecule is CC(C)(C)OC(=O)N1[C@@H]2CC[C@@H](C2)[C@@H]1CO.CCOC(=O)[C@@H]1[C@H]2C=C[C@H](C2)N1[C@H](C)c1ccccc1.O=C(NCc1ccc(F)cc1F)c1cn2c(c(O)c1=O)C(=O)N1[C@@H]3CC[C@@H](C3)[C@@H]1C2.O=C(NCc1ccc(F)cc1F)c1cn2c(c(O)c1=O)C(=O)N1[C@@H]3CC[C@@H](C3)[C@@H]1C2. The number of piperidine rings is 3. The largest absolute Gasteiger partial charge is 0.503 e. The van der Waals surface area contributed by atoms with E-state index in [9.17, 15) is 71.2 Å². The molecule has 3 aromatic carbocycles. The first-order valence-corrected chi connectivity index (χ1v) is 33.2. The Hall–Kier alpha value is -8.84.